The molecule has 1 amide bonds. The number of anilines is 2. The van der Waals surface area contributed by atoms with Crippen molar-refractivity contribution in [2.24, 2.45) is 0 Å². The highest BCUT2D eigenvalue weighted by Crippen LogP contribution is 2.26. The Morgan fingerprint density at radius 3 is 2.62 bits per heavy atom. The van der Waals surface area contributed by atoms with E-state index in [0.717, 1.165) is 22.5 Å². The fourth-order valence-corrected chi connectivity index (χ4v) is 2.72. The highest BCUT2D eigenvalue weighted by molar-refractivity contribution is 6.31. The van der Waals surface area contributed by atoms with Crippen LogP contribution in [0.4, 0.5) is 11.4 Å². The molecule has 3 rings (SSSR count). The number of pyridine rings is 1. The SMILES string of the molecule is Cc1c(Cl)cccc1Nc1cncc(C(=O)NCc2ccc(Cl)cc2)c1. The molecule has 2 aromatic carbocycles. The van der Waals surface area contributed by atoms with E-state index in [1.807, 2.05) is 37.3 Å². The number of benzene rings is 2. The Morgan fingerprint density at radius 1 is 1.08 bits per heavy atom. The monoisotopic (exact) mass is 385 g/mol. The van der Waals surface area contributed by atoms with Gasteiger partial charge in [0.15, 0.2) is 0 Å². The zero-order chi connectivity index (χ0) is 18.5. The van der Waals surface area contributed by atoms with Gasteiger partial charge in [-0.25, -0.2) is 0 Å². The van der Waals surface area contributed by atoms with Crippen LogP contribution in [0.1, 0.15) is 21.5 Å². The second-order valence-corrected chi connectivity index (χ2v) is 6.65. The number of carbonyl (C=O) groups excluding carboxylic acids is 1. The summed E-state index contributed by atoms with van der Waals surface area (Å²) >= 11 is 12.0. The lowest BCUT2D eigenvalue weighted by molar-refractivity contribution is 0.0950. The van der Waals surface area contributed by atoms with E-state index in [-0.39, 0.29) is 5.91 Å². The van der Waals surface area contributed by atoms with E-state index >= 15 is 0 Å². The number of hydrogen-bond acceptors (Lipinski definition) is 3. The Balaban J connectivity index is 1.69. The number of hydrogen-bond donors (Lipinski definition) is 2. The summed E-state index contributed by atoms with van der Waals surface area (Å²) in [4.78, 5) is 16.5. The summed E-state index contributed by atoms with van der Waals surface area (Å²) in [5.41, 5.74) is 3.97. The highest BCUT2D eigenvalue weighted by atomic mass is 35.5. The van der Waals surface area contributed by atoms with Crippen LogP contribution in [0.15, 0.2) is 60.9 Å². The lowest BCUT2D eigenvalue weighted by atomic mass is 10.2. The number of halogens is 2. The highest BCUT2D eigenvalue weighted by Gasteiger charge is 2.08. The second kappa shape index (κ2) is 8.21. The van der Waals surface area contributed by atoms with Gasteiger partial charge in [0.25, 0.3) is 5.91 Å². The first-order valence-electron chi connectivity index (χ1n) is 8.03. The third-order valence-corrected chi connectivity index (χ3v) is 4.57. The number of rotatable bonds is 5. The maximum atomic E-state index is 12.4. The van der Waals surface area contributed by atoms with E-state index in [9.17, 15) is 4.79 Å². The maximum absolute atomic E-state index is 12.4. The minimum Gasteiger partial charge on any atom is -0.354 e. The van der Waals surface area contributed by atoms with E-state index in [1.165, 1.54) is 6.20 Å². The van der Waals surface area contributed by atoms with Gasteiger partial charge in [0.2, 0.25) is 0 Å². The first kappa shape index (κ1) is 18.2. The van der Waals surface area contributed by atoms with Crippen LogP contribution < -0.4 is 10.6 Å². The Hall–Kier alpha value is -2.56. The Morgan fingerprint density at radius 2 is 1.85 bits per heavy atom. The van der Waals surface area contributed by atoms with Crippen molar-refractivity contribution in [3.05, 3.63) is 87.7 Å². The third kappa shape index (κ3) is 4.54. The largest absolute Gasteiger partial charge is 0.354 e. The zero-order valence-electron chi connectivity index (χ0n) is 14.1. The summed E-state index contributed by atoms with van der Waals surface area (Å²) in [5.74, 6) is -0.195. The molecule has 0 saturated carbocycles. The number of nitrogens with one attached hydrogen (secondary N) is 2. The second-order valence-electron chi connectivity index (χ2n) is 5.81. The van der Waals surface area contributed by atoms with Gasteiger partial charge < -0.3 is 10.6 Å². The van der Waals surface area contributed by atoms with Gasteiger partial charge in [0.05, 0.1) is 17.4 Å². The zero-order valence-corrected chi connectivity index (χ0v) is 15.6. The van der Waals surface area contributed by atoms with Gasteiger partial charge in [-0.2, -0.15) is 0 Å². The lowest BCUT2D eigenvalue weighted by Crippen LogP contribution is -2.23. The molecular weight excluding hydrogens is 369 g/mol. The molecule has 3 aromatic rings. The molecule has 0 radical (unpaired) electrons. The smallest absolute Gasteiger partial charge is 0.253 e. The normalized spacial score (nSPS) is 10.4. The predicted molar refractivity (Wildman–Crippen MR) is 106 cm³/mol. The summed E-state index contributed by atoms with van der Waals surface area (Å²) < 4.78 is 0. The Kier molecular flexibility index (Phi) is 5.76. The molecule has 0 aliphatic carbocycles. The molecule has 1 heterocycles. The van der Waals surface area contributed by atoms with Crippen LogP contribution in [0.3, 0.4) is 0 Å². The van der Waals surface area contributed by atoms with Crippen molar-refractivity contribution < 1.29 is 4.79 Å². The van der Waals surface area contributed by atoms with E-state index in [4.69, 9.17) is 23.2 Å². The molecule has 0 fully saturated rings. The fraction of sp³-hybridized carbons (Fsp3) is 0.100. The maximum Gasteiger partial charge on any atom is 0.253 e. The van der Waals surface area contributed by atoms with E-state index < -0.39 is 0 Å². The quantitative estimate of drug-likeness (QED) is 0.620. The van der Waals surface area contributed by atoms with Crippen LogP contribution in [0.5, 0.6) is 0 Å². The molecule has 0 atom stereocenters. The van der Waals surface area contributed by atoms with Gasteiger partial charge >= 0.3 is 0 Å². The molecule has 2 N–H and O–H groups in total. The molecule has 0 unspecified atom stereocenters. The fourth-order valence-electron chi connectivity index (χ4n) is 2.42. The van der Waals surface area contributed by atoms with Gasteiger partial charge in [0.1, 0.15) is 0 Å². The summed E-state index contributed by atoms with van der Waals surface area (Å²) in [5, 5.41) is 7.47. The molecular formula is C20H17Cl2N3O. The van der Waals surface area contributed by atoms with Gasteiger partial charge in [0, 0.05) is 28.5 Å². The summed E-state index contributed by atoms with van der Waals surface area (Å²) in [7, 11) is 0. The van der Waals surface area contributed by atoms with Crippen molar-refractivity contribution in [1.82, 2.24) is 10.3 Å². The molecule has 0 aliphatic rings. The van der Waals surface area contributed by atoms with Crippen LogP contribution in [0.2, 0.25) is 10.0 Å². The molecule has 26 heavy (non-hydrogen) atoms. The van der Waals surface area contributed by atoms with E-state index in [2.05, 4.69) is 15.6 Å². The number of carbonyl (C=O) groups is 1. The number of nitrogens with zero attached hydrogens (tertiary/aromatic N) is 1. The summed E-state index contributed by atoms with van der Waals surface area (Å²) in [6, 6.07) is 14.7. The molecule has 0 saturated heterocycles. The topological polar surface area (TPSA) is 54.0 Å². The molecule has 4 nitrogen and oxygen atoms in total. The molecule has 0 spiro atoms. The number of aromatic nitrogens is 1. The first-order valence-corrected chi connectivity index (χ1v) is 8.78. The van der Waals surface area contributed by atoms with Crippen LogP contribution in [-0.2, 0) is 6.54 Å². The van der Waals surface area contributed by atoms with Gasteiger partial charge in [-0.3, -0.25) is 9.78 Å². The average Bonchev–Trinajstić information content (AvgIpc) is 2.65. The van der Waals surface area contributed by atoms with Crippen LogP contribution in [0.25, 0.3) is 0 Å². The molecule has 0 bridgehead atoms. The molecule has 132 valence electrons. The van der Waals surface area contributed by atoms with Crippen LogP contribution >= 0.6 is 23.2 Å². The van der Waals surface area contributed by atoms with Crippen molar-refractivity contribution >= 4 is 40.5 Å². The van der Waals surface area contributed by atoms with Crippen molar-refractivity contribution in [2.75, 3.05) is 5.32 Å². The van der Waals surface area contributed by atoms with E-state index in [0.29, 0.717) is 22.2 Å². The van der Waals surface area contributed by atoms with Crippen molar-refractivity contribution in [2.45, 2.75) is 13.5 Å². The molecule has 6 heteroatoms. The average molecular weight is 386 g/mol. The van der Waals surface area contributed by atoms with Crippen molar-refractivity contribution in [1.29, 1.82) is 0 Å². The van der Waals surface area contributed by atoms with Gasteiger partial charge in [-0.1, -0.05) is 41.4 Å². The molecule has 0 aliphatic heterocycles. The minimum absolute atomic E-state index is 0.195. The Bertz CT molecular complexity index is 927. The van der Waals surface area contributed by atoms with Gasteiger partial charge in [-0.15, -0.1) is 0 Å². The minimum atomic E-state index is -0.195. The third-order valence-electron chi connectivity index (χ3n) is 3.91. The standard InChI is InChI=1S/C20H17Cl2N3O/c1-13-18(22)3-2-4-19(13)25-17-9-15(11-23-12-17)20(26)24-10-14-5-7-16(21)8-6-14/h2-9,11-12,25H,10H2,1H3,(H,24,26). The van der Waals surface area contributed by atoms with Crippen LogP contribution in [0, 0.1) is 6.92 Å². The Labute approximate surface area is 162 Å². The van der Waals surface area contributed by atoms with Crippen LogP contribution in [-0.4, -0.2) is 10.9 Å². The first-order chi connectivity index (χ1) is 12.5. The predicted octanol–water partition coefficient (Wildman–Crippen LogP) is 5.37. The van der Waals surface area contributed by atoms with E-state index in [1.54, 1.807) is 24.4 Å². The molecule has 1 aromatic heterocycles. The summed E-state index contributed by atoms with van der Waals surface area (Å²) in [6.45, 7) is 2.35. The van der Waals surface area contributed by atoms with Gasteiger partial charge in [-0.05, 0) is 48.4 Å². The van der Waals surface area contributed by atoms with Crippen molar-refractivity contribution in [3.8, 4) is 0 Å². The summed E-state index contributed by atoms with van der Waals surface area (Å²) in [6.07, 6.45) is 3.20. The number of amides is 1. The lowest BCUT2D eigenvalue weighted by Gasteiger charge is -2.11. The van der Waals surface area contributed by atoms with Crippen molar-refractivity contribution in [3.63, 3.8) is 0 Å².